The van der Waals surface area contributed by atoms with E-state index >= 15 is 0 Å². The van der Waals surface area contributed by atoms with Gasteiger partial charge >= 0.3 is 15.6 Å². The van der Waals surface area contributed by atoms with Crippen LogP contribution in [0, 0.1) is 0 Å². The average molecular weight is 297 g/mol. The van der Waals surface area contributed by atoms with Crippen molar-refractivity contribution >= 4 is 10.1 Å². The maximum atomic E-state index is 11.4. The first-order chi connectivity index (χ1) is 4.81. The predicted molar refractivity (Wildman–Crippen MR) is 31.1 cm³/mol. The van der Waals surface area contributed by atoms with E-state index in [-0.39, 0.29) is 20.4 Å². The van der Waals surface area contributed by atoms with Gasteiger partial charge in [-0.15, -0.1) is 6.58 Å². The minimum absolute atomic E-state index is 0. The van der Waals surface area contributed by atoms with E-state index in [0.717, 1.165) is 6.08 Å². The number of alkyl halides is 3. The van der Waals surface area contributed by atoms with E-state index in [1.807, 2.05) is 0 Å². The molecule has 12 heavy (non-hydrogen) atoms. The Morgan fingerprint density at radius 1 is 1.42 bits per heavy atom. The summed E-state index contributed by atoms with van der Waals surface area (Å²) in [6, 6.07) is 0. The van der Waals surface area contributed by atoms with Gasteiger partial charge in [0.05, 0.1) is 6.61 Å². The Kier molecular flexibility index (Phi) is 6.05. The Morgan fingerprint density at radius 3 is 2.08 bits per heavy atom. The fourth-order valence-electron chi connectivity index (χ4n) is 0.205. The van der Waals surface area contributed by atoms with Crippen molar-refractivity contribution in [3.8, 4) is 0 Å². The molecule has 0 aromatic rings. The van der Waals surface area contributed by atoms with Gasteiger partial charge in [-0.3, -0.25) is 4.18 Å². The van der Waals surface area contributed by atoms with E-state index in [2.05, 4.69) is 10.8 Å². The van der Waals surface area contributed by atoms with Gasteiger partial charge in [-0.25, -0.2) is 0 Å². The Morgan fingerprint density at radius 2 is 1.83 bits per heavy atom. The standard InChI is InChI=1S/C4H5F3O3S.Pd/c1-2-3-10-11(8,9)4(5,6)7;/h2H,1,3H2;. The number of hydrogen-bond donors (Lipinski definition) is 0. The first-order valence-electron chi connectivity index (χ1n) is 2.38. The molecule has 0 bridgehead atoms. The van der Waals surface area contributed by atoms with Crippen LogP contribution in [0.2, 0.25) is 0 Å². The Labute approximate surface area is 81.4 Å². The van der Waals surface area contributed by atoms with Crippen molar-refractivity contribution in [3.05, 3.63) is 12.7 Å². The maximum Gasteiger partial charge on any atom is 0.523 e. The molecular weight excluding hydrogens is 292 g/mol. The number of halogens is 3. The summed E-state index contributed by atoms with van der Waals surface area (Å²) in [4.78, 5) is 0. The molecule has 0 heterocycles. The third kappa shape index (κ3) is 4.21. The van der Waals surface area contributed by atoms with Gasteiger partial charge in [-0.05, 0) is 0 Å². The predicted octanol–water partition coefficient (Wildman–Crippen LogP) is 1.04. The molecule has 0 fully saturated rings. The molecule has 0 aromatic carbocycles. The second kappa shape index (κ2) is 4.97. The average Bonchev–Trinajstić information content (AvgIpc) is 1.81. The van der Waals surface area contributed by atoms with E-state index in [0.29, 0.717) is 0 Å². The Hall–Kier alpha value is 0.102. The van der Waals surface area contributed by atoms with Crippen molar-refractivity contribution in [2.45, 2.75) is 5.51 Å². The monoisotopic (exact) mass is 296 g/mol. The second-order valence-corrected chi connectivity index (χ2v) is 3.08. The van der Waals surface area contributed by atoms with Crippen LogP contribution in [-0.2, 0) is 34.7 Å². The molecule has 76 valence electrons. The molecule has 0 aromatic heterocycles. The Bertz CT molecular complexity index is 232. The molecule has 0 aliphatic rings. The summed E-state index contributed by atoms with van der Waals surface area (Å²) in [5, 5.41) is 0. The van der Waals surface area contributed by atoms with E-state index in [1.165, 1.54) is 0 Å². The van der Waals surface area contributed by atoms with E-state index < -0.39 is 22.2 Å². The van der Waals surface area contributed by atoms with Crippen LogP contribution in [0.4, 0.5) is 13.2 Å². The van der Waals surface area contributed by atoms with Crippen LogP contribution >= 0.6 is 0 Å². The largest absolute Gasteiger partial charge is 0.523 e. The topological polar surface area (TPSA) is 43.4 Å². The van der Waals surface area contributed by atoms with E-state index in [4.69, 9.17) is 0 Å². The quantitative estimate of drug-likeness (QED) is 0.338. The van der Waals surface area contributed by atoms with Crippen LogP contribution < -0.4 is 0 Å². The molecule has 0 unspecified atom stereocenters. The zero-order valence-corrected chi connectivity index (χ0v) is 7.95. The van der Waals surface area contributed by atoms with Gasteiger partial charge in [-0.1, -0.05) is 6.08 Å². The van der Waals surface area contributed by atoms with Crippen LogP contribution in [0.3, 0.4) is 0 Å². The van der Waals surface area contributed by atoms with Crippen LogP contribution in [0.1, 0.15) is 0 Å². The molecule has 0 spiro atoms. The minimum Gasteiger partial charge on any atom is -0.259 e. The summed E-state index contributed by atoms with van der Waals surface area (Å²) in [5.41, 5.74) is -5.35. The van der Waals surface area contributed by atoms with Crippen LogP contribution in [0.25, 0.3) is 0 Å². The third-order valence-electron chi connectivity index (χ3n) is 0.625. The summed E-state index contributed by atoms with van der Waals surface area (Å²) in [6.07, 6.45) is 0.906. The van der Waals surface area contributed by atoms with Gasteiger partial charge in [0.15, 0.2) is 0 Å². The molecule has 0 radical (unpaired) electrons. The van der Waals surface area contributed by atoms with Gasteiger partial charge in [0.2, 0.25) is 0 Å². The van der Waals surface area contributed by atoms with Crippen LogP contribution in [0.15, 0.2) is 12.7 Å². The van der Waals surface area contributed by atoms with Crippen LogP contribution in [-0.4, -0.2) is 20.5 Å². The van der Waals surface area contributed by atoms with Crippen molar-refractivity contribution in [3.63, 3.8) is 0 Å². The number of hydrogen-bond acceptors (Lipinski definition) is 3. The maximum absolute atomic E-state index is 11.4. The first kappa shape index (κ1) is 14.6. The summed E-state index contributed by atoms with van der Waals surface area (Å²) in [6.45, 7) is 2.31. The van der Waals surface area contributed by atoms with Crippen molar-refractivity contribution in [2.24, 2.45) is 0 Å². The molecule has 0 aliphatic heterocycles. The van der Waals surface area contributed by atoms with Gasteiger partial charge < -0.3 is 0 Å². The Balaban J connectivity index is 0. The number of rotatable bonds is 3. The normalized spacial score (nSPS) is 11.9. The molecule has 8 heteroatoms. The molecule has 0 rings (SSSR count). The van der Waals surface area contributed by atoms with E-state index in [1.54, 1.807) is 0 Å². The van der Waals surface area contributed by atoms with Crippen molar-refractivity contribution < 1.29 is 46.2 Å². The summed E-state index contributed by atoms with van der Waals surface area (Å²) in [5.74, 6) is 0. The minimum atomic E-state index is -5.43. The molecule has 0 atom stereocenters. The van der Waals surface area contributed by atoms with Crippen molar-refractivity contribution in [1.29, 1.82) is 0 Å². The zero-order chi connectivity index (χ0) is 9.12. The van der Waals surface area contributed by atoms with Gasteiger partial charge in [-0.2, -0.15) is 21.6 Å². The molecule has 3 nitrogen and oxygen atoms in total. The molecule has 0 N–H and O–H groups in total. The zero-order valence-electron chi connectivity index (χ0n) is 5.57. The SMILES string of the molecule is C=CCOS(=O)(=O)C(F)(F)F.[Pd]. The molecule has 0 saturated heterocycles. The van der Waals surface area contributed by atoms with Crippen molar-refractivity contribution in [1.82, 2.24) is 0 Å². The summed E-state index contributed by atoms with van der Waals surface area (Å²) < 4.78 is 57.7. The fourth-order valence-corrected chi connectivity index (χ4v) is 0.614. The van der Waals surface area contributed by atoms with Gasteiger partial charge in [0, 0.05) is 20.4 Å². The summed E-state index contributed by atoms with van der Waals surface area (Å²) >= 11 is 0. The third-order valence-corrected chi connectivity index (χ3v) is 1.64. The smallest absolute Gasteiger partial charge is 0.259 e. The fraction of sp³-hybridized carbons (Fsp3) is 0.500. The molecule has 0 aliphatic carbocycles. The van der Waals surface area contributed by atoms with Crippen molar-refractivity contribution in [2.75, 3.05) is 6.61 Å². The van der Waals surface area contributed by atoms with Crippen LogP contribution in [0.5, 0.6) is 0 Å². The first-order valence-corrected chi connectivity index (χ1v) is 3.78. The van der Waals surface area contributed by atoms with Gasteiger partial charge in [0.25, 0.3) is 0 Å². The van der Waals surface area contributed by atoms with E-state index in [9.17, 15) is 21.6 Å². The molecular formula is C4H5F3O3PdS. The molecule has 0 saturated carbocycles. The second-order valence-electron chi connectivity index (χ2n) is 1.47. The van der Waals surface area contributed by atoms with Gasteiger partial charge in [0.1, 0.15) is 0 Å². The molecule has 0 amide bonds. The summed E-state index contributed by atoms with van der Waals surface area (Å²) in [7, 11) is -5.43.